The Kier molecular flexibility index (Phi) is 3.92. The number of nitrogens with one attached hydrogen (secondary N) is 1. The summed E-state index contributed by atoms with van der Waals surface area (Å²) in [5.41, 5.74) is 3.86. The molecule has 1 aromatic rings. The predicted octanol–water partition coefficient (Wildman–Crippen LogP) is 2.12. The van der Waals surface area contributed by atoms with Crippen LogP contribution in [-0.4, -0.2) is 22.5 Å². The van der Waals surface area contributed by atoms with Gasteiger partial charge >= 0.3 is 5.97 Å². The van der Waals surface area contributed by atoms with Crippen molar-refractivity contribution in [3.63, 3.8) is 0 Å². The molecule has 0 aromatic heterocycles. The number of aliphatic carboxylic acids is 1. The van der Waals surface area contributed by atoms with Crippen molar-refractivity contribution in [1.29, 1.82) is 0 Å². The summed E-state index contributed by atoms with van der Waals surface area (Å²) < 4.78 is 13.7. The molecule has 0 aliphatic heterocycles. The summed E-state index contributed by atoms with van der Waals surface area (Å²) in [6.07, 6.45) is 3.41. The maximum absolute atomic E-state index is 13.7. The van der Waals surface area contributed by atoms with Crippen molar-refractivity contribution in [1.82, 2.24) is 0 Å². The van der Waals surface area contributed by atoms with Gasteiger partial charge in [0.15, 0.2) is 0 Å². The van der Waals surface area contributed by atoms with Crippen molar-refractivity contribution < 1.29 is 19.1 Å². The highest BCUT2D eigenvalue weighted by Crippen LogP contribution is 2.33. The minimum Gasteiger partial charge on any atom is -0.480 e. The molecule has 0 radical (unpaired) electrons. The summed E-state index contributed by atoms with van der Waals surface area (Å²) >= 11 is 0. The van der Waals surface area contributed by atoms with Crippen LogP contribution in [0.1, 0.15) is 42.5 Å². The third-order valence-electron chi connectivity index (χ3n) is 3.75. The van der Waals surface area contributed by atoms with Crippen molar-refractivity contribution in [2.45, 2.75) is 37.6 Å². The first-order chi connectivity index (χ1) is 9.46. The molecule has 1 amide bonds. The Morgan fingerprint density at radius 2 is 1.90 bits per heavy atom. The number of hydrogen-bond acceptors (Lipinski definition) is 3. The molecule has 2 rings (SSSR count). The maximum atomic E-state index is 13.7. The second-order valence-corrected chi connectivity index (χ2v) is 5.10. The summed E-state index contributed by atoms with van der Waals surface area (Å²) in [6, 6.07) is 4.02. The molecule has 5 nitrogen and oxygen atoms in total. The quantitative estimate of drug-likeness (QED) is 0.787. The molecule has 0 atom stereocenters. The number of benzene rings is 1. The molecule has 108 valence electrons. The summed E-state index contributed by atoms with van der Waals surface area (Å²) in [6.45, 7) is 0. The number of anilines is 1. The van der Waals surface area contributed by atoms with Crippen LogP contribution in [0, 0.1) is 5.82 Å². The van der Waals surface area contributed by atoms with Crippen molar-refractivity contribution in [2.75, 3.05) is 5.32 Å². The number of carboxylic acids is 1. The Morgan fingerprint density at radius 1 is 1.25 bits per heavy atom. The van der Waals surface area contributed by atoms with Gasteiger partial charge in [0.25, 0.3) is 5.91 Å². The third kappa shape index (κ3) is 2.59. The van der Waals surface area contributed by atoms with Gasteiger partial charge in [-0.3, -0.25) is 4.79 Å². The van der Waals surface area contributed by atoms with Crippen LogP contribution < -0.4 is 11.1 Å². The van der Waals surface area contributed by atoms with E-state index in [-0.39, 0.29) is 11.3 Å². The molecular weight excluding hydrogens is 263 g/mol. The molecule has 0 spiro atoms. The van der Waals surface area contributed by atoms with Crippen LogP contribution in [0.5, 0.6) is 0 Å². The van der Waals surface area contributed by atoms with Crippen LogP contribution in [0.15, 0.2) is 18.2 Å². The van der Waals surface area contributed by atoms with Crippen LogP contribution in [0.25, 0.3) is 0 Å². The van der Waals surface area contributed by atoms with Gasteiger partial charge in [-0.15, -0.1) is 0 Å². The van der Waals surface area contributed by atoms with Crippen molar-refractivity contribution >= 4 is 17.6 Å². The van der Waals surface area contributed by atoms with Gasteiger partial charge in [0, 0.05) is 0 Å². The minimum absolute atomic E-state index is 0.141. The fraction of sp³-hybridized carbons (Fsp3) is 0.429. The first-order valence-corrected chi connectivity index (χ1v) is 6.56. The van der Waals surface area contributed by atoms with E-state index in [0.29, 0.717) is 12.8 Å². The van der Waals surface area contributed by atoms with E-state index in [2.05, 4.69) is 5.32 Å². The van der Waals surface area contributed by atoms with Crippen molar-refractivity contribution in [2.24, 2.45) is 5.73 Å². The number of carbonyl (C=O) groups excluding carboxylic acids is 1. The lowest BCUT2D eigenvalue weighted by atomic mass is 9.81. The number of halogens is 1. The second kappa shape index (κ2) is 5.48. The fourth-order valence-corrected chi connectivity index (χ4v) is 2.68. The Hall–Kier alpha value is -2.11. The molecule has 1 aliphatic rings. The molecule has 0 heterocycles. The van der Waals surface area contributed by atoms with Gasteiger partial charge in [0.1, 0.15) is 11.4 Å². The average molecular weight is 280 g/mol. The van der Waals surface area contributed by atoms with Gasteiger partial charge in [-0.2, -0.15) is 0 Å². The number of nitrogens with two attached hydrogens (primary N) is 1. The van der Waals surface area contributed by atoms with E-state index < -0.39 is 23.2 Å². The number of carbonyl (C=O) groups is 2. The monoisotopic (exact) mass is 280 g/mol. The van der Waals surface area contributed by atoms with Crippen molar-refractivity contribution in [3.05, 3.63) is 29.6 Å². The highest BCUT2D eigenvalue weighted by atomic mass is 19.1. The fourth-order valence-electron chi connectivity index (χ4n) is 2.68. The number of amides is 1. The number of primary amides is 1. The molecule has 1 aliphatic carbocycles. The SMILES string of the molecule is NC(=O)c1c(F)cccc1NC1(C(=O)O)CCCCC1. The lowest BCUT2D eigenvalue weighted by Gasteiger charge is -2.35. The van der Waals surface area contributed by atoms with E-state index in [9.17, 15) is 19.1 Å². The molecule has 4 N–H and O–H groups in total. The van der Waals surface area contributed by atoms with E-state index in [4.69, 9.17) is 5.73 Å². The van der Waals surface area contributed by atoms with E-state index in [1.54, 1.807) is 0 Å². The van der Waals surface area contributed by atoms with Gasteiger partial charge < -0.3 is 16.2 Å². The van der Waals surface area contributed by atoms with Crippen LogP contribution >= 0.6 is 0 Å². The van der Waals surface area contributed by atoms with Crippen LogP contribution in [0.2, 0.25) is 0 Å². The number of carboxylic acid groups (broad SMARTS) is 1. The van der Waals surface area contributed by atoms with Gasteiger partial charge in [0.2, 0.25) is 0 Å². The molecule has 1 saturated carbocycles. The molecule has 6 heteroatoms. The van der Waals surface area contributed by atoms with Crippen LogP contribution in [0.3, 0.4) is 0 Å². The highest BCUT2D eigenvalue weighted by Gasteiger charge is 2.40. The number of rotatable bonds is 4. The standard InChI is InChI=1S/C14H17FN2O3/c15-9-5-4-6-10(11(9)12(16)18)17-14(13(19)20)7-2-1-3-8-14/h4-6,17H,1-3,7-8H2,(H2,16,18)(H,19,20). The zero-order valence-electron chi connectivity index (χ0n) is 11.0. The normalized spacial score (nSPS) is 17.4. The maximum Gasteiger partial charge on any atom is 0.329 e. The van der Waals surface area contributed by atoms with Gasteiger partial charge in [0.05, 0.1) is 11.3 Å². The molecular formula is C14H17FN2O3. The Balaban J connectivity index is 2.39. The van der Waals surface area contributed by atoms with Gasteiger partial charge in [-0.1, -0.05) is 25.3 Å². The van der Waals surface area contributed by atoms with Gasteiger partial charge in [-0.05, 0) is 25.0 Å². The zero-order valence-corrected chi connectivity index (χ0v) is 11.0. The zero-order chi connectivity index (χ0) is 14.8. The lowest BCUT2D eigenvalue weighted by Crippen LogP contribution is -2.48. The Bertz CT molecular complexity index is 539. The van der Waals surface area contributed by atoms with E-state index in [1.807, 2.05) is 0 Å². The summed E-state index contributed by atoms with van der Waals surface area (Å²) in [5, 5.41) is 12.3. The first kappa shape index (κ1) is 14.3. The average Bonchev–Trinajstić information content (AvgIpc) is 2.39. The van der Waals surface area contributed by atoms with Gasteiger partial charge in [-0.25, -0.2) is 9.18 Å². The second-order valence-electron chi connectivity index (χ2n) is 5.10. The molecule has 0 bridgehead atoms. The van der Waals surface area contributed by atoms with E-state index >= 15 is 0 Å². The molecule has 20 heavy (non-hydrogen) atoms. The van der Waals surface area contributed by atoms with Crippen molar-refractivity contribution in [3.8, 4) is 0 Å². The topological polar surface area (TPSA) is 92.4 Å². The first-order valence-electron chi connectivity index (χ1n) is 6.56. The third-order valence-corrected chi connectivity index (χ3v) is 3.75. The Morgan fingerprint density at radius 3 is 2.45 bits per heavy atom. The Labute approximate surface area is 116 Å². The summed E-state index contributed by atoms with van der Waals surface area (Å²) in [4.78, 5) is 22.9. The van der Waals surface area contributed by atoms with Crippen LogP contribution in [0.4, 0.5) is 10.1 Å². The molecule has 0 unspecified atom stereocenters. The number of hydrogen-bond donors (Lipinski definition) is 3. The largest absolute Gasteiger partial charge is 0.480 e. The highest BCUT2D eigenvalue weighted by molar-refractivity contribution is 5.99. The minimum atomic E-state index is -1.16. The molecule has 1 aromatic carbocycles. The van der Waals surface area contributed by atoms with E-state index in [0.717, 1.165) is 25.3 Å². The smallest absolute Gasteiger partial charge is 0.329 e. The molecule has 0 saturated heterocycles. The summed E-state index contributed by atoms with van der Waals surface area (Å²) in [5.74, 6) is -2.65. The van der Waals surface area contributed by atoms with E-state index in [1.165, 1.54) is 12.1 Å². The summed E-state index contributed by atoms with van der Waals surface area (Å²) in [7, 11) is 0. The predicted molar refractivity (Wildman–Crippen MR) is 72.0 cm³/mol. The molecule has 1 fully saturated rings. The van der Waals surface area contributed by atoms with Crippen LogP contribution in [-0.2, 0) is 4.79 Å². The lowest BCUT2D eigenvalue weighted by molar-refractivity contribution is -0.143.